The summed E-state index contributed by atoms with van der Waals surface area (Å²) in [5.74, 6) is 1.07. The first-order valence-corrected chi connectivity index (χ1v) is 7.30. The van der Waals surface area contributed by atoms with Gasteiger partial charge in [-0.3, -0.25) is 0 Å². The zero-order valence-electron chi connectivity index (χ0n) is 12.4. The van der Waals surface area contributed by atoms with Crippen LogP contribution in [-0.4, -0.2) is 38.7 Å². The summed E-state index contributed by atoms with van der Waals surface area (Å²) in [7, 11) is 4.26. The summed E-state index contributed by atoms with van der Waals surface area (Å²) in [5, 5.41) is 3.60. The number of hydrogen-bond donors (Lipinski definition) is 1. The highest BCUT2D eigenvalue weighted by Crippen LogP contribution is 2.27. The van der Waals surface area contributed by atoms with Gasteiger partial charge in [-0.2, -0.15) is 0 Å². The van der Waals surface area contributed by atoms with E-state index in [2.05, 4.69) is 49.4 Å². The maximum absolute atomic E-state index is 5.54. The third-order valence-electron chi connectivity index (χ3n) is 3.70. The van der Waals surface area contributed by atoms with Crippen molar-refractivity contribution in [3.05, 3.63) is 29.3 Å². The molecule has 106 valence electrons. The van der Waals surface area contributed by atoms with Crippen molar-refractivity contribution in [2.45, 2.75) is 32.2 Å². The van der Waals surface area contributed by atoms with Crippen molar-refractivity contribution in [3.63, 3.8) is 0 Å². The Bertz CT molecular complexity index is 404. The minimum atomic E-state index is 0.422. The maximum Gasteiger partial charge on any atom is 0.122 e. The van der Waals surface area contributed by atoms with Crippen molar-refractivity contribution in [1.29, 1.82) is 0 Å². The molecule has 0 amide bonds. The zero-order chi connectivity index (χ0) is 13.7. The first-order chi connectivity index (χ1) is 9.16. The first kappa shape index (κ1) is 14.4. The van der Waals surface area contributed by atoms with Crippen LogP contribution in [0.3, 0.4) is 0 Å². The lowest BCUT2D eigenvalue weighted by molar-refractivity contribution is 0.356. The molecule has 0 aromatic heterocycles. The quantitative estimate of drug-likeness (QED) is 0.765. The maximum atomic E-state index is 5.54. The predicted molar refractivity (Wildman–Crippen MR) is 79.8 cm³/mol. The third-order valence-corrected chi connectivity index (χ3v) is 3.70. The Kier molecular flexibility index (Phi) is 5.23. The second-order valence-electron chi connectivity index (χ2n) is 5.65. The van der Waals surface area contributed by atoms with Gasteiger partial charge in [0.05, 0.1) is 6.61 Å². The lowest BCUT2D eigenvalue weighted by Crippen LogP contribution is -2.21. The molecule has 0 saturated carbocycles. The summed E-state index contributed by atoms with van der Waals surface area (Å²) in [6, 6.07) is 7.01. The lowest BCUT2D eigenvalue weighted by Gasteiger charge is -2.16. The van der Waals surface area contributed by atoms with Gasteiger partial charge in [0.15, 0.2) is 0 Å². The lowest BCUT2D eigenvalue weighted by atomic mass is 10.0. The normalized spacial score (nSPS) is 15.4. The molecule has 0 saturated heterocycles. The molecule has 3 heteroatoms. The molecule has 1 unspecified atom stereocenters. The number of fused-ring (bicyclic) bond motifs is 1. The summed E-state index contributed by atoms with van der Waals surface area (Å²) in [5.41, 5.74) is 2.73. The van der Waals surface area contributed by atoms with E-state index in [1.165, 1.54) is 30.5 Å². The molecule has 0 bridgehead atoms. The van der Waals surface area contributed by atoms with E-state index in [0.29, 0.717) is 6.04 Å². The first-order valence-electron chi connectivity index (χ1n) is 7.30. The third kappa shape index (κ3) is 4.22. The zero-order valence-corrected chi connectivity index (χ0v) is 12.4. The number of benzene rings is 1. The van der Waals surface area contributed by atoms with Crippen LogP contribution in [0.5, 0.6) is 5.75 Å². The summed E-state index contributed by atoms with van der Waals surface area (Å²) in [6.45, 7) is 5.34. The van der Waals surface area contributed by atoms with Gasteiger partial charge >= 0.3 is 0 Å². The molecule has 0 spiro atoms. The van der Waals surface area contributed by atoms with E-state index in [4.69, 9.17) is 4.74 Å². The monoisotopic (exact) mass is 262 g/mol. The molecule has 1 aliphatic rings. The molecule has 19 heavy (non-hydrogen) atoms. The van der Waals surface area contributed by atoms with Crippen LogP contribution in [0.4, 0.5) is 0 Å². The van der Waals surface area contributed by atoms with Crippen molar-refractivity contribution in [2.75, 3.05) is 33.8 Å². The fourth-order valence-corrected chi connectivity index (χ4v) is 2.47. The summed E-state index contributed by atoms with van der Waals surface area (Å²) in [6.07, 6.45) is 3.54. The van der Waals surface area contributed by atoms with Crippen LogP contribution in [0.25, 0.3) is 0 Å². The van der Waals surface area contributed by atoms with E-state index >= 15 is 0 Å². The molecule has 3 nitrogen and oxygen atoms in total. The van der Waals surface area contributed by atoms with Gasteiger partial charge in [-0.05, 0) is 64.1 Å². The molecule has 2 rings (SSSR count). The molecule has 0 radical (unpaired) electrons. The highest BCUT2D eigenvalue weighted by atomic mass is 16.5. The summed E-state index contributed by atoms with van der Waals surface area (Å²) < 4.78 is 5.54. The van der Waals surface area contributed by atoms with Crippen molar-refractivity contribution in [1.82, 2.24) is 10.2 Å². The fourth-order valence-electron chi connectivity index (χ4n) is 2.47. The van der Waals surface area contributed by atoms with Gasteiger partial charge in [-0.25, -0.2) is 0 Å². The van der Waals surface area contributed by atoms with Gasteiger partial charge in [0, 0.05) is 12.5 Å². The van der Waals surface area contributed by atoms with E-state index < -0.39 is 0 Å². The number of ether oxygens (including phenoxy) is 1. The molecule has 1 heterocycles. The van der Waals surface area contributed by atoms with Gasteiger partial charge in [0.1, 0.15) is 5.75 Å². The van der Waals surface area contributed by atoms with Gasteiger partial charge in [0.25, 0.3) is 0 Å². The van der Waals surface area contributed by atoms with Gasteiger partial charge in [0.2, 0.25) is 0 Å². The molecule has 1 aromatic rings. The Balaban J connectivity index is 1.75. The van der Waals surface area contributed by atoms with Crippen LogP contribution in [0.2, 0.25) is 0 Å². The minimum absolute atomic E-state index is 0.422. The van der Waals surface area contributed by atoms with E-state index in [1.54, 1.807) is 0 Å². The molecular weight excluding hydrogens is 236 g/mol. The average Bonchev–Trinajstić information content (AvgIpc) is 2.84. The van der Waals surface area contributed by atoms with E-state index in [1.807, 2.05) is 0 Å². The molecule has 0 aliphatic carbocycles. The number of rotatable bonds is 7. The van der Waals surface area contributed by atoms with Crippen LogP contribution >= 0.6 is 0 Å². The SMILES string of the molecule is CC(NCCCCN(C)C)c1ccc2c(c1)CCO2. The second-order valence-corrected chi connectivity index (χ2v) is 5.65. The second kappa shape index (κ2) is 6.92. The highest BCUT2D eigenvalue weighted by Gasteiger charge is 2.14. The minimum Gasteiger partial charge on any atom is -0.493 e. The number of hydrogen-bond acceptors (Lipinski definition) is 3. The summed E-state index contributed by atoms with van der Waals surface area (Å²) in [4.78, 5) is 2.24. The van der Waals surface area contributed by atoms with Gasteiger partial charge < -0.3 is 15.0 Å². The van der Waals surface area contributed by atoms with Crippen molar-refractivity contribution >= 4 is 0 Å². The predicted octanol–water partition coefficient (Wildman–Crippen LogP) is 2.61. The topological polar surface area (TPSA) is 24.5 Å². The van der Waals surface area contributed by atoms with E-state index in [-0.39, 0.29) is 0 Å². The van der Waals surface area contributed by atoms with Crippen LogP contribution < -0.4 is 10.1 Å². The molecule has 1 aromatic carbocycles. The Morgan fingerprint density at radius 3 is 2.95 bits per heavy atom. The Morgan fingerprint density at radius 2 is 2.16 bits per heavy atom. The van der Waals surface area contributed by atoms with Crippen LogP contribution in [0.1, 0.15) is 36.9 Å². The number of nitrogens with zero attached hydrogens (tertiary/aromatic N) is 1. The molecular formula is C16H26N2O. The largest absolute Gasteiger partial charge is 0.493 e. The van der Waals surface area contributed by atoms with Gasteiger partial charge in [-0.1, -0.05) is 12.1 Å². The van der Waals surface area contributed by atoms with Crippen molar-refractivity contribution in [2.24, 2.45) is 0 Å². The number of unbranched alkanes of at least 4 members (excludes halogenated alkanes) is 1. The molecule has 1 aliphatic heterocycles. The van der Waals surface area contributed by atoms with Crippen LogP contribution in [0.15, 0.2) is 18.2 Å². The Labute approximate surface area is 116 Å². The fraction of sp³-hybridized carbons (Fsp3) is 0.625. The number of nitrogens with one attached hydrogen (secondary N) is 1. The average molecular weight is 262 g/mol. The van der Waals surface area contributed by atoms with Crippen molar-refractivity contribution in [3.8, 4) is 5.75 Å². The smallest absolute Gasteiger partial charge is 0.122 e. The summed E-state index contributed by atoms with van der Waals surface area (Å²) >= 11 is 0. The Hall–Kier alpha value is -1.06. The van der Waals surface area contributed by atoms with E-state index in [0.717, 1.165) is 25.3 Å². The molecule has 0 fully saturated rings. The van der Waals surface area contributed by atoms with Crippen LogP contribution in [0, 0.1) is 0 Å². The van der Waals surface area contributed by atoms with Gasteiger partial charge in [-0.15, -0.1) is 0 Å². The molecule has 1 N–H and O–H groups in total. The molecule has 1 atom stereocenters. The highest BCUT2D eigenvalue weighted by molar-refractivity contribution is 5.40. The Morgan fingerprint density at radius 1 is 1.32 bits per heavy atom. The standard InChI is InChI=1S/C16H26N2O/c1-13(17-9-4-5-10-18(2)3)14-6-7-16-15(12-14)8-11-19-16/h6-7,12-13,17H,4-5,8-11H2,1-3H3. The van der Waals surface area contributed by atoms with E-state index in [9.17, 15) is 0 Å². The van der Waals surface area contributed by atoms with Crippen LogP contribution in [-0.2, 0) is 6.42 Å². The van der Waals surface area contributed by atoms with Crippen molar-refractivity contribution < 1.29 is 4.74 Å².